The zero-order valence-electron chi connectivity index (χ0n) is 15.4. The van der Waals surface area contributed by atoms with Gasteiger partial charge in [0.25, 0.3) is 0 Å². The Bertz CT molecular complexity index is 725. The number of benzene rings is 1. The molecule has 2 N–H and O–H groups in total. The Labute approximate surface area is 169 Å². The van der Waals surface area contributed by atoms with Crippen molar-refractivity contribution in [1.82, 2.24) is 10.2 Å². The summed E-state index contributed by atoms with van der Waals surface area (Å²) in [6.45, 7) is 0.0748. The maximum absolute atomic E-state index is 12.4. The van der Waals surface area contributed by atoms with Gasteiger partial charge in [-0.3, -0.25) is 14.5 Å². The van der Waals surface area contributed by atoms with Crippen molar-refractivity contribution in [2.24, 2.45) is 0 Å². The fourth-order valence-electron chi connectivity index (χ4n) is 3.22. The van der Waals surface area contributed by atoms with E-state index in [0.717, 1.165) is 25.7 Å². The Morgan fingerprint density at radius 1 is 1.11 bits per heavy atom. The van der Waals surface area contributed by atoms with Gasteiger partial charge in [0.2, 0.25) is 11.8 Å². The minimum Gasteiger partial charge on any atom is -0.337 e. The predicted octanol–water partition coefficient (Wildman–Crippen LogP) is 3.60. The van der Waals surface area contributed by atoms with E-state index in [9.17, 15) is 14.9 Å². The highest BCUT2D eigenvalue weighted by atomic mass is 35.5. The summed E-state index contributed by atoms with van der Waals surface area (Å²) in [7, 11) is 1.68. The highest BCUT2D eigenvalue weighted by Crippen LogP contribution is 2.27. The first-order valence-electron chi connectivity index (χ1n) is 8.99. The first-order valence-corrected chi connectivity index (χ1v) is 9.75. The van der Waals surface area contributed by atoms with Crippen molar-refractivity contribution in [2.75, 3.05) is 25.5 Å². The molecule has 1 fully saturated rings. The fourth-order valence-corrected chi connectivity index (χ4v) is 3.52. The molecule has 2 rings (SSSR count). The first kappa shape index (κ1) is 21.5. The van der Waals surface area contributed by atoms with Crippen molar-refractivity contribution in [1.29, 1.82) is 5.26 Å². The van der Waals surface area contributed by atoms with Gasteiger partial charge in [-0.2, -0.15) is 5.26 Å². The summed E-state index contributed by atoms with van der Waals surface area (Å²) in [5.74, 6) is -0.517. The lowest BCUT2D eigenvalue weighted by molar-refractivity contribution is -0.124. The molecule has 8 heteroatoms. The van der Waals surface area contributed by atoms with Gasteiger partial charge in [-0.1, -0.05) is 48.9 Å². The van der Waals surface area contributed by atoms with Crippen molar-refractivity contribution in [3.63, 3.8) is 0 Å². The van der Waals surface area contributed by atoms with Crippen LogP contribution in [0.1, 0.15) is 38.5 Å². The number of nitriles is 1. The Kier molecular flexibility index (Phi) is 7.91. The molecule has 0 saturated heterocycles. The van der Waals surface area contributed by atoms with E-state index in [-0.39, 0.29) is 24.9 Å². The number of nitrogens with zero attached hydrogens (tertiary/aromatic N) is 2. The summed E-state index contributed by atoms with van der Waals surface area (Å²) in [6, 6.07) is 7.11. The van der Waals surface area contributed by atoms with Gasteiger partial charge in [-0.15, -0.1) is 0 Å². The van der Waals surface area contributed by atoms with Gasteiger partial charge in [0.1, 0.15) is 5.54 Å². The number of hydrogen-bond acceptors (Lipinski definition) is 4. The number of nitrogens with one attached hydrogen (secondary N) is 2. The molecule has 0 aliphatic heterocycles. The Hall–Kier alpha value is -1.81. The lowest BCUT2D eigenvalue weighted by Crippen LogP contribution is -2.50. The Balaban J connectivity index is 1.83. The van der Waals surface area contributed by atoms with Crippen LogP contribution in [0.2, 0.25) is 10.0 Å². The van der Waals surface area contributed by atoms with Crippen LogP contribution in [0.15, 0.2) is 18.2 Å². The van der Waals surface area contributed by atoms with E-state index in [4.69, 9.17) is 23.2 Å². The molecule has 0 spiro atoms. The van der Waals surface area contributed by atoms with E-state index in [0.29, 0.717) is 28.6 Å². The van der Waals surface area contributed by atoms with Crippen LogP contribution in [0, 0.1) is 11.3 Å². The summed E-state index contributed by atoms with van der Waals surface area (Å²) in [6.07, 6.45) is 5.42. The fraction of sp³-hybridized carbons (Fsp3) is 0.526. The number of anilines is 1. The van der Waals surface area contributed by atoms with Gasteiger partial charge in [-0.25, -0.2) is 0 Å². The molecule has 0 atom stereocenters. The number of carbonyl (C=O) groups excluding carboxylic acids is 2. The molecule has 1 aromatic carbocycles. The lowest BCUT2D eigenvalue weighted by Gasteiger charge is -2.27. The standard InChI is InChI=1S/C19H24Cl2N4O2/c1-25(11-17(26)23-14-6-7-15(20)16(21)10-14)12-18(27)24-19(13-22)8-4-2-3-5-9-19/h6-7,10H,2-5,8-9,11-12H2,1H3,(H,23,26)(H,24,27). The van der Waals surface area contributed by atoms with Gasteiger partial charge in [-0.05, 0) is 38.1 Å². The second kappa shape index (κ2) is 9.93. The van der Waals surface area contributed by atoms with E-state index in [2.05, 4.69) is 16.7 Å². The van der Waals surface area contributed by atoms with Gasteiger partial charge in [0.15, 0.2) is 0 Å². The summed E-state index contributed by atoms with van der Waals surface area (Å²) in [5.41, 5.74) is -0.245. The molecule has 0 unspecified atom stereocenters. The molecule has 0 aromatic heterocycles. The Morgan fingerprint density at radius 2 is 1.74 bits per heavy atom. The van der Waals surface area contributed by atoms with E-state index >= 15 is 0 Å². The highest BCUT2D eigenvalue weighted by Gasteiger charge is 2.32. The van der Waals surface area contributed by atoms with Crippen LogP contribution in [-0.4, -0.2) is 42.4 Å². The largest absolute Gasteiger partial charge is 0.337 e. The third kappa shape index (κ3) is 6.69. The number of halogens is 2. The number of hydrogen-bond donors (Lipinski definition) is 2. The Morgan fingerprint density at radius 3 is 2.33 bits per heavy atom. The van der Waals surface area contributed by atoms with Crippen LogP contribution in [0.3, 0.4) is 0 Å². The average Bonchev–Trinajstić information content (AvgIpc) is 2.83. The third-order valence-electron chi connectivity index (χ3n) is 4.58. The maximum atomic E-state index is 12.4. The molecule has 1 aliphatic rings. The van der Waals surface area contributed by atoms with Gasteiger partial charge >= 0.3 is 0 Å². The average molecular weight is 411 g/mol. The number of carbonyl (C=O) groups is 2. The van der Waals surface area contributed by atoms with Gasteiger partial charge in [0.05, 0.1) is 29.2 Å². The molecule has 27 heavy (non-hydrogen) atoms. The molecule has 0 radical (unpaired) electrons. The molecule has 146 valence electrons. The van der Waals surface area contributed by atoms with E-state index in [1.54, 1.807) is 30.1 Å². The van der Waals surface area contributed by atoms with Crippen molar-refractivity contribution >= 4 is 40.7 Å². The number of rotatable bonds is 6. The molecule has 0 bridgehead atoms. The van der Waals surface area contributed by atoms with Crippen LogP contribution in [-0.2, 0) is 9.59 Å². The summed E-state index contributed by atoms with van der Waals surface area (Å²) >= 11 is 11.8. The SMILES string of the molecule is CN(CC(=O)Nc1ccc(Cl)c(Cl)c1)CC(=O)NC1(C#N)CCCCCC1. The maximum Gasteiger partial charge on any atom is 0.238 e. The molecule has 0 heterocycles. The van der Waals surface area contributed by atoms with Crippen molar-refractivity contribution < 1.29 is 9.59 Å². The molecular weight excluding hydrogens is 387 g/mol. The highest BCUT2D eigenvalue weighted by molar-refractivity contribution is 6.42. The smallest absolute Gasteiger partial charge is 0.238 e. The monoisotopic (exact) mass is 410 g/mol. The molecule has 1 aromatic rings. The topological polar surface area (TPSA) is 85.2 Å². The molecule has 1 aliphatic carbocycles. The van der Waals surface area contributed by atoms with Gasteiger partial charge in [0, 0.05) is 5.69 Å². The molecule has 6 nitrogen and oxygen atoms in total. The third-order valence-corrected chi connectivity index (χ3v) is 5.32. The quantitative estimate of drug-likeness (QED) is 0.701. The summed E-state index contributed by atoms with van der Waals surface area (Å²) in [4.78, 5) is 26.1. The van der Waals surface area contributed by atoms with Crippen LogP contribution in [0.25, 0.3) is 0 Å². The van der Waals surface area contributed by atoms with E-state index in [1.807, 2.05) is 0 Å². The zero-order chi connectivity index (χ0) is 19.9. The van der Waals surface area contributed by atoms with Crippen LogP contribution >= 0.6 is 23.2 Å². The first-order chi connectivity index (χ1) is 12.8. The normalized spacial score (nSPS) is 16.3. The molecule has 2 amide bonds. The van der Waals surface area contributed by atoms with Crippen LogP contribution < -0.4 is 10.6 Å². The van der Waals surface area contributed by atoms with Crippen LogP contribution in [0.4, 0.5) is 5.69 Å². The lowest BCUT2D eigenvalue weighted by atomic mass is 9.92. The van der Waals surface area contributed by atoms with E-state index in [1.165, 1.54) is 0 Å². The minimum atomic E-state index is -0.781. The number of likely N-dealkylation sites (N-methyl/N-ethyl adjacent to an activating group) is 1. The van der Waals surface area contributed by atoms with Crippen LogP contribution in [0.5, 0.6) is 0 Å². The van der Waals surface area contributed by atoms with E-state index < -0.39 is 5.54 Å². The summed E-state index contributed by atoms with van der Waals surface area (Å²) < 4.78 is 0. The van der Waals surface area contributed by atoms with Crippen molar-refractivity contribution in [3.05, 3.63) is 28.2 Å². The molecule has 1 saturated carbocycles. The summed E-state index contributed by atoms with van der Waals surface area (Å²) in [5, 5.41) is 15.9. The molecular formula is C19H24Cl2N4O2. The number of amides is 2. The predicted molar refractivity (Wildman–Crippen MR) is 107 cm³/mol. The van der Waals surface area contributed by atoms with Crippen molar-refractivity contribution in [3.8, 4) is 6.07 Å². The van der Waals surface area contributed by atoms with Gasteiger partial charge < -0.3 is 10.6 Å². The second-order valence-corrected chi connectivity index (χ2v) is 7.82. The second-order valence-electron chi connectivity index (χ2n) is 7.01. The van der Waals surface area contributed by atoms with Crippen molar-refractivity contribution in [2.45, 2.75) is 44.1 Å². The minimum absolute atomic E-state index is 0.0349. The zero-order valence-corrected chi connectivity index (χ0v) is 16.9.